The van der Waals surface area contributed by atoms with E-state index in [-0.39, 0.29) is 30.1 Å². The van der Waals surface area contributed by atoms with Gasteiger partial charge in [-0.05, 0) is 29.8 Å². The highest BCUT2D eigenvalue weighted by molar-refractivity contribution is 7.89. The molecule has 0 atom stereocenters. The van der Waals surface area contributed by atoms with E-state index in [1.54, 1.807) is 24.3 Å². The minimum Gasteiger partial charge on any atom is -0.379 e. The van der Waals surface area contributed by atoms with Crippen molar-refractivity contribution in [2.24, 2.45) is 0 Å². The van der Waals surface area contributed by atoms with Crippen LogP contribution in [0.15, 0.2) is 47.4 Å². The van der Waals surface area contributed by atoms with Crippen LogP contribution in [-0.4, -0.2) is 56.9 Å². The fourth-order valence-corrected chi connectivity index (χ4v) is 4.55. The third-order valence-corrected chi connectivity index (χ3v) is 6.75. The Bertz CT molecular complexity index is 978. The summed E-state index contributed by atoms with van der Waals surface area (Å²) >= 11 is 6.11. The molecule has 0 aromatic heterocycles. The number of ether oxygens (including phenoxy) is 1. The summed E-state index contributed by atoms with van der Waals surface area (Å²) < 4.78 is 46.3. The molecule has 0 bridgehead atoms. The first-order valence-corrected chi connectivity index (χ1v) is 10.5. The number of sulfonamides is 1. The molecule has 0 aliphatic carbocycles. The largest absolute Gasteiger partial charge is 0.379 e. The topological polar surface area (TPSA) is 66.9 Å². The zero-order valence-corrected chi connectivity index (χ0v) is 16.8. The summed E-state index contributed by atoms with van der Waals surface area (Å²) in [5, 5.41) is 0.492. The molecule has 28 heavy (non-hydrogen) atoms. The lowest BCUT2D eigenvalue weighted by Gasteiger charge is -2.26. The van der Waals surface area contributed by atoms with E-state index < -0.39 is 21.7 Å². The smallest absolute Gasteiger partial charge is 0.256 e. The molecule has 0 saturated carbocycles. The minimum atomic E-state index is -3.83. The van der Waals surface area contributed by atoms with Crippen LogP contribution >= 0.6 is 11.6 Å². The number of rotatable bonds is 5. The second-order valence-electron chi connectivity index (χ2n) is 6.41. The van der Waals surface area contributed by atoms with Crippen molar-refractivity contribution in [1.82, 2.24) is 9.21 Å². The van der Waals surface area contributed by atoms with Gasteiger partial charge in [-0.1, -0.05) is 29.8 Å². The summed E-state index contributed by atoms with van der Waals surface area (Å²) in [6.07, 6.45) is 0. The van der Waals surface area contributed by atoms with Crippen LogP contribution < -0.4 is 0 Å². The molecule has 1 amide bonds. The van der Waals surface area contributed by atoms with Crippen molar-refractivity contribution in [3.05, 3.63) is 64.4 Å². The van der Waals surface area contributed by atoms with E-state index in [0.717, 1.165) is 12.1 Å². The van der Waals surface area contributed by atoms with Gasteiger partial charge in [0.15, 0.2) is 0 Å². The first-order valence-electron chi connectivity index (χ1n) is 8.67. The van der Waals surface area contributed by atoms with E-state index in [1.807, 2.05) is 0 Å². The highest BCUT2D eigenvalue weighted by atomic mass is 35.5. The lowest BCUT2D eigenvalue weighted by Crippen LogP contribution is -2.40. The number of nitrogens with zero attached hydrogens (tertiary/aromatic N) is 2. The van der Waals surface area contributed by atoms with Crippen LogP contribution in [-0.2, 0) is 21.3 Å². The number of hydrogen-bond acceptors (Lipinski definition) is 4. The second kappa shape index (κ2) is 8.57. The summed E-state index contributed by atoms with van der Waals surface area (Å²) in [4.78, 5) is 13.9. The van der Waals surface area contributed by atoms with Crippen molar-refractivity contribution in [1.29, 1.82) is 0 Å². The Morgan fingerprint density at radius 2 is 1.89 bits per heavy atom. The first kappa shape index (κ1) is 20.7. The first-order chi connectivity index (χ1) is 13.3. The Hall–Kier alpha value is -2.00. The zero-order chi connectivity index (χ0) is 20.3. The molecule has 9 heteroatoms. The molecule has 1 aliphatic heterocycles. The standard InChI is InChI=1S/C19H20ClFN2O4S/c1-22(13-14-4-2-3-5-17(14)20)19(24)16-12-15(6-7-18(16)21)28(25,26)23-8-10-27-11-9-23/h2-7,12H,8-11,13H2,1H3. The van der Waals surface area contributed by atoms with Gasteiger partial charge in [0.2, 0.25) is 10.0 Å². The predicted octanol–water partition coefficient (Wildman–Crippen LogP) is 2.77. The van der Waals surface area contributed by atoms with E-state index in [2.05, 4.69) is 0 Å². The van der Waals surface area contributed by atoms with Gasteiger partial charge in [0.05, 0.1) is 23.7 Å². The monoisotopic (exact) mass is 426 g/mol. The van der Waals surface area contributed by atoms with Crippen LogP contribution in [0.1, 0.15) is 15.9 Å². The van der Waals surface area contributed by atoms with Crippen molar-refractivity contribution in [2.75, 3.05) is 33.4 Å². The van der Waals surface area contributed by atoms with Gasteiger partial charge in [-0.15, -0.1) is 0 Å². The van der Waals surface area contributed by atoms with Crippen LogP contribution in [0.3, 0.4) is 0 Å². The number of carbonyl (C=O) groups is 1. The molecule has 3 rings (SSSR count). The Kier molecular flexibility index (Phi) is 6.34. The second-order valence-corrected chi connectivity index (χ2v) is 8.76. The van der Waals surface area contributed by atoms with Gasteiger partial charge in [-0.3, -0.25) is 4.79 Å². The van der Waals surface area contributed by atoms with Crippen molar-refractivity contribution in [3.63, 3.8) is 0 Å². The van der Waals surface area contributed by atoms with Crippen molar-refractivity contribution < 1.29 is 22.3 Å². The number of benzene rings is 2. The Balaban J connectivity index is 1.86. The number of halogens is 2. The number of morpholine rings is 1. The SMILES string of the molecule is CN(Cc1ccccc1Cl)C(=O)c1cc(S(=O)(=O)N2CCOCC2)ccc1F. The maximum Gasteiger partial charge on any atom is 0.256 e. The molecule has 150 valence electrons. The lowest BCUT2D eigenvalue weighted by atomic mass is 10.1. The molecular formula is C19H20ClFN2O4S. The molecule has 1 saturated heterocycles. The molecule has 1 aliphatic rings. The predicted molar refractivity (Wildman–Crippen MR) is 103 cm³/mol. The molecule has 0 N–H and O–H groups in total. The summed E-state index contributed by atoms with van der Waals surface area (Å²) in [5.41, 5.74) is 0.404. The van der Waals surface area contributed by atoms with Crippen molar-refractivity contribution in [2.45, 2.75) is 11.4 Å². The number of amides is 1. The van der Waals surface area contributed by atoms with Crippen LogP contribution in [0.4, 0.5) is 4.39 Å². The summed E-state index contributed by atoms with van der Waals surface area (Å²) in [6, 6.07) is 10.3. The fraction of sp³-hybridized carbons (Fsp3) is 0.316. The Morgan fingerprint density at radius 3 is 2.57 bits per heavy atom. The Morgan fingerprint density at radius 1 is 1.21 bits per heavy atom. The van der Waals surface area contributed by atoms with Gasteiger partial charge < -0.3 is 9.64 Å². The lowest BCUT2D eigenvalue weighted by molar-refractivity contribution is 0.0730. The van der Waals surface area contributed by atoms with Crippen molar-refractivity contribution >= 4 is 27.5 Å². The van der Waals surface area contributed by atoms with Crippen LogP contribution in [0.5, 0.6) is 0 Å². The van der Waals surface area contributed by atoms with E-state index in [0.29, 0.717) is 23.8 Å². The van der Waals surface area contributed by atoms with Gasteiger partial charge >= 0.3 is 0 Å². The van der Waals surface area contributed by atoms with E-state index in [1.165, 1.54) is 22.3 Å². The summed E-state index contributed by atoms with van der Waals surface area (Å²) in [5.74, 6) is -1.41. The maximum absolute atomic E-state index is 14.3. The van der Waals surface area contributed by atoms with Gasteiger partial charge in [0.1, 0.15) is 5.82 Å². The average molecular weight is 427 g/mol. The molecule has 2 aromatic rings. The van der Waals surface area contributed by atoms with Gasteiger partial charge in [-0.2, -0.15) is 4.31 Å². The summed E-state index contributed by atoms with van der Waals surface area (Å²) in [6.45, 7) is 1.20. The van der Waals surface area contributed by atoms with Gasteiger partial charge in [0, 0.05) is 31.7 Å². The fourth-order valence-electron chi connectivity index (χ4n) is 2.92. The van der Waals surface area contributed by atoms with Crippen molar-refractivity contribution in [3.8, 4) is 0 Å². The maximum atomic E-state index is 14.3. The number of hydrogen-bond donors (Lipinski definition) is 0. The minimum absolute atomic E-state index is 0.120. The van der Waals surface area contributed by atoms with E-state index >= 15 is 0 Å². The highest BCUT2D eigenvalue weighted by Crippen LogP contribution is 2.22. The molecule has 1 fully saturated rings. The molecule has 6 nitrogen and oxygen atoms in total. The summed E-state index contributed by atoms with van der Waals surface area (Å²) in [7, 11) is -2.32. The van der Waals surface area contributed by atoms with Crippen LogP contribution in [0.2, 0.25) is 5.02 Å². The Labute approximate surface area is 168 Å². The zero-order valence-electron chi connectivity index (χ0n) is 15.3. The van der Waals surface area contributed by atoms with Gasteiger partial charge in [-0.25, -0.2) is 12.8 Å². The van der Waals surface area contributed by atoms with Crippen LogP contribution in [0.25, 0.3) is 0 Å². The molecule has 0 spiro atoms. The average Bonchev–Trinajstić information content (AvgIpc) is 2.70. The third-order valence-electron chi connectivity index (χ3n) is 4.49. The van der Waals surface area contributed by atoms with Gasteiger partial charge in [0.25, 0.3) is 5.91 Å². The number of carbonyl (C=O) groups excluding carboxylic acids is 1. The highest BCUT2D eigenvalue weighted by Gasteiger charge is 2.28. The van der Waals surface area contributed by atoms with Crippen LogP contribution in [0, 0.1) is 5.82 Å². The molecule has 0 unspecified atom stereocenters. The third kappa shape index (κ3) is 4.35. The normalized spacial score (nSPS) is 15.4. The molecule has 2 aromatic carbocycles. The van der Waals surface area contributed by atoms with E-state index in [4.69, 9.17) is 16.3 Å². The molecule has 0 radical (unpaired) electrons. The molecule has 1 heterocycles. The molecular weight excluding hydrogens is 407 g/mol. The quantitative estimate of drug-likeness (QED) is 0.737. The van der Waals surface area contributed by atoms with E-state index in [9.17, 15) is 17.6 Å².